The Morgan fingerprint density at radius 3 is 1.93 bits per heavy atom. The maximum absolute atomic E-state index is 13.0. The van der Waals surface area contributed by atoms with E-state index in [-0.39, 0.29) is 11.5 Å². The van der Waals surface area contributed by atoms with Crippen molar-refractivity contribution in [2.24, 2.45) is 0 Å². The summed E-state index contributed by atoms with van der Waals surface area (Å²) >= 11 is 0. The Balaban J connectivity index is 1.72. The summed E-state index contributed by atoms with van der Waals surface area (Å²) in [4.78, 5) is 24.4. The van der Waals surface area contributed by atoms with Gasteiger partial charge in [-0.3, -0.25) is 4.79 Å². The number of carboxylic acid groups (broad SMARTS) is 1. The maximum atomic E-state index is 13.0. The van der Waals surface area contributed by atoms with Crippen LogP contribution in [0.15, 0.2) is 91.0 Å². The second kappa shape index (κ2) is 7.37. The predicted molar refractivity (Wildman–Crippen MR) is 108 cm³/mol. The van der Waals surface area contributed by atoms with E-state index in [0.717, 1.165) is 10.8 Å². The Morgan fingerprint density at radius 2 is 1.21 bits per heavy atom. The van der Waals surface area contributed by atoms with Crippen molar-refractivity contribution in [1.29, 1.82) is 0 Å². The van der Waals surface area contributed by atoms with Gasteiger partial charge in [-0.25, -0.2) is 0 Å². The van der Waals surface area contributed by atoms with Crippen molar-refractivity contribution in [3.8, 4) is 11.1 Å². The molecule has 0 spiro atoms. The molecule has 28 heavy (non-hydrogen) atoms. The highest BCUT2D eigenvalue weighted by molar-refractivity contribution is 6.10. The van der Waals surface area contributed by atoms with Crippen molar-refractivity contribution < 1.29 is 14.7 Å². The first-order valence-electron chi connectivity index (χ1n) is 8.83. The Labute approximate surface area is 162 Å². The number of fused-ring (bicyclic) bond motifs is 1. The molecule has 0 aliphatic heterocycles. The lowest BCUT2D eigenvalue weighted by atomic mass is 9.95. The van der Waals surface area contributed by atoms with Gasteiger partial charge in [-0.2, -0.15) is 0 Å². The van der Waals surface area contributed by atoms with Gasteiger partial charge in [0.1, 0.15) is 0 Å². The van der Waals surface area contributed by atoms with E-state index in [4.69, 9.17) is 0 Å². The zero-order valence-electron chi connectivity index (χ0n) is 14.9. The van der Waals surface area contributed by atoms with Crippen molar-refractivity contribution in [3.05, 3.63) is 102 Å². The Bertz CT molecular complexity index is 1200. The Morgan fingerprint density at radius 1 is 0.643 bits per heavy atom. The van der Waals surface area contributed by atoms with Gasteiger partial charge in [0, 0.05) is 16.8 Å². The lowest BCUT2D eigenvalue weighted by Gasteiger charge is -2.14. The third-order valence-corrected chi connectivity index (χ3v) is 4.62. The van der Waals surface area contributed by atoms with E-state index in [1.165, 1.54) is 6.07 Å². The molecule has 4 aromatic carbocycles. The summed E-state index contributed by atoms with van der Waals surface area (Å²) in [6, 6.07) is 27.0. The van der Waals surface area contributed by atoms with E-state index in [0.29, 0.717) is 22.4 Å². The summed E-state index contributed by atoms with van der Waals surface area (Å²) in [6.07, 6.45) is 0. The number of nitrogens with one attached hydrogen (secondary N) is 1. The summed E-state index contributed by atoms with van der Waals surface area (Å²) in [7, 11) is 0. The molecular weight excluding hydrogens is 350 g/mol. The first kappa shape index (κ1) is 17.5. The molecule has 136 valence electrons. The molecule has 1 amide bonds. The van der Waals surface area contributed by atoms with Crippen LogP contribution in [0.2, 0.25) is 0 Å². The van der Waals surface area contributed by atoms with Gasteiger partial charge in [-0.05, 0) is 40.1 Å². The van der Waals surface area contributed by atoms with Gasteiger partial charge in [0.2, 0.25) is 0 Å². The average Bonchev–Trinajstić information content (AvgIpc) is 2.73. The van der Waals surface area contributed by atoms with Crippen LogP contribution in [0, 0.1) is 0 Å². The Hall–Kier alpha value is -3.92. The van der Waals surface area contributed by atoms with Gasteiger partial charge in [0.15, 0.2) is 0 Å². The lowest BCUT2D eigenvalue weighted by molar-refractivity contribution is -0.254. The number of carboxylic acids is 1. The SMILES string of the molecule is O=C([O-])c1ccccc1-c1ccccc1C(=O)Nc1ccc2ccccc2c1. The highest BCUT2D eigenvalue weighted by Gasteiger charge is 2.15. The van der Waals surface area contributed by atoms with E-state index < -0.39 is 5.97 Å². The van der Waals surface area contributed by atoms with Crippen molar-refractivity contribution in [1.82, 2.24) is 0 Å². The topological polar surface area (TPSA) is 69.2 Å². The number of rotatable bonds is 4. The molecule has 0 saturated heterocycles. The van der Waals surface area contributed by atoms with E-state index in [1.54, 1.807) is 42.5 Å². The third kappa shape index (κ3) is 3.35. The zero-order valence-corrected chi connectivity index (χ0v) is 14.9. The van der Waals surface area contributed by atoms with Crippen LogP contribution < -0.4 is 10.4 Å². The molecule has 0 atom stereocenters. The molecule has 1 N–H and O–H groups in total. The predicted octanol–water partition coefficient (Wildman–Crippen LogP) is 4.12. The molecule has 4 heteroatoms. The molecule has 4 aromatic rings. The van der Waals surface area contributed by atoms with Crippen LogP contribution in [0.5, 0.6) is 0 Å². The molecule has 0 bridgehead atoms. The fraction of sp³-hybridized carbons (Fsp3) is 0. The fourth-order valence-corrected chi connectivity index (χ4v) is 3.28. The number of carbonyl (C=O) groups excluding carboxylic acids is 2. The molecule has 0 heterocycles. The molecule has 4 nitrogen and oxygen atoms in total. The summed E-state index contributed by atoms with van der Waals surface area (Å²) < 4.78 is 0. The third-order valence-electron chi connectivity index (χ3n) is 4.62. The molecule has 0 aliphatic carbocycles. The quantitative estimate of drug-likeness (QED) is 0.591. The molecular formula is C24H16NO3-. The van der Waals surface area contributed by atoms with E-state index in [9.17, 15) is 14.7 Å². The number of benzene rings is 4. The summed E-state index contributed by atoms with van der Waals surface area (Å²) in [6.45, 7) is 0. The van der Waals surface area contributed by atoms with Crippen molar-refractivity contribution in [3.63, 3.8) is 0 Å². The molecule has 4 rings (SSSR count). The van der Waals surface area contributed by atoms with E-state index in [2.05, 4.69) is 5.32 Å². The first-order valence-corrected chi connectivity index (χ1v) is 8.83. The molecule has 0 aliphatic rings. The first-order chi connectivity index (χ1) is 13.6. The minimum Gasteiger partial charge on any atom is -0.545 e. The highest BCUT2D eigenvalue weighted by Crippen LogP contribution is 2.28. The molecule has 0 unspecified atom stereocenters. The maximum Gasteiger partial charge on any atom is 0.256 e. The minimum atomic E-state index is -1.28. The molecule has 0 radical (unpaired) electrons. The van der Waals surface area contributed by atoms with Gasteiger partial charge in [-0.15, -0.1) is 0 Å². The number of anilines is 1. The van der Waals surface area contributed by atoms with Gasteiger partial charge < -0.3 is 15.2 Å². The molecule has 0 fully saturated rings. The summed E-state index contributed by atoms with van der Waals surface area (Å²) in [5.74, 6) is -1.58. The van der Waals surface area contributed by atoms with Crippen LogP contribution in [-0.4, -0.2) is 11.9 Å². The highest BCUT2D eigenvalue weighted by atomic mass is 16.4. The normalized spacial score (nSPS) is 10.6. The van der Waals surface area contributed by atoms with Crippen LogP contribution in [-0.2, 0) is 0 Å². The molecule has 0 aromatic heterocycles. The van der Waals surface area contributed by atoms with Crippen LogP contribution in [0.3, 0.4) is 0 Å². The summed E-state index contributed by atoms with van der Waals surface area (Å²) in [5, 5.41) is 16.5. The second-order valence-electron chi connectivity index (χ2n) is 6.39. The largest absolute Gasteiger partial charge is 0.545 e. The number of hydrogen-bond donors (Lipinski definition) is 1. The van der Waals surface area contributed by atoms with Crippen molar-refractivity contribution in [2.75, 3.05) is 5.32 Å². The zero-order chi connectivity index (χ0) is 19.5. The van der Waals surface area contributed by atoms with Gasteiger partial charge >= 0.3 is 0 Å². The standard InChI is InChI=1S/C24H17NO3/c26-23(25-18-14-13-16-7-1-2-8-17(16)15-18)21-11-5-3-9-19(21)20-10-4-6-12-22(20)24(27)28/h1-15H,(H,25,26)(H,27,28)/p-1. The number of hydrogen-bond acceptors (Lipinski definition) is 3. The van der Waals surface area contributed by atoms with E-state index >= 15 is 0 Å². The number of amides is 1. The number of carbonyl (C=O) groups is 2. The smallest absolute Gasteiger partial charge is 0.256 e. The lowest BCUT2D eigenvalue weighted by Crippen LogP contribution is -2.23. The van der Waals surface area contributed by atoms with Crippen molar-refractivity contribution in [2.45, 2.75) is 0 Å². The van der Waals surface area contributed by atoms with Crippen LogP contribution in [0.1, 0.15) is 20.7 Å². The summed E-state index contributed by atoms with van der Waals surface area (Å²) in [5.41, 5.74) is 2.11. The Kier molecular flexibility index (Phi) is 4.60. The molecule has 0 saturated carbocycles. The monoisotopic (exact) mass is 366 g/mol. The second-order valence-corrected chi connectivity index (χ2v) is 6.39. The fourth-order valence-electron chi connectivity index (χ4n) is 3.28. The van der Waals surface area contributed by atoms with Crippen LogP contribution >= 0.6 is 0 Å². The van der Waals surface area contributed by atoms with Gasteiger partial charge in [-0.1, -0.05) is 72.8 Å². The van der Waals surface area contributed by atoms with Crippen LogP contribution in [0.4, 0.5) is 5.69 Å². The van der Waals surface area contributed by atoms with Crippen molar-refractivity contribution >= 4 is 28.3 Å². The van der Waals surface area contributed by atoms with Gasteiger partial charge in [0.05, 0.1) is 5.97 Å². The number of aromatic carboxylic acids is 1. The van der Waals surface area contributed by atoms with Gasteiger partial charge in [0.25, 0.3) is 5.91 Å². The van der Waals surface area contributed by atoms with Crippen LogP contribution in [0.25, 0.3) is 21.9 Å². The van der Waals surface area contributed by atoms with E-state index in [1.807, 2.05) is 42.5 Å². The average molecular weight is 366 g/mol. The minimum absolute atomic E-state index is 0.0495.